The van der Waals surface area contributed by atoms with Gasteiger partial charge in [0.1, 0.15) is 5.57 Å². The Morgan fingerprint density at radius 2 is 1.83 bits per heavy atom. The van der Waals surface area contributed by atoms with Crippen LogP contribution in [0.3, 0.4) is 0 Å². The number of carboxylic acid groups (broad SMARTS) is 1. The third-order valence-corrected chi connectivity index (χ3v) is 5.17. The first-order chi connectivity index (χ1) is 16.8. The molecule has 1 fully saturated rings. The zero-order valence-electron chi connectivity index (χ0n) is 19.5. The molecule has 0 bridgehead atoms. The van der Waals surface area contributed by atoms with Crippen LogP contribution in [0, 0.1) is 0 Å². The number of urea groups is 1. The highest BCUT2D eigenvalue weighted by Gasteiger charge is 2.36. The number of nitrogens with zero attached hydrogens (tertiary/aromatic N) is 1. The van der Waals surface area contributed by atoms with Gasteiger partial charge < -0.3 is 14.6 Å². The van der Waals surface area contributed by atoms with Crippen molar-refractivity contribution in [1.82, 2.24) is 5.32 Å². The van der Waals surface area contributed by atoms with Crippen molar-refractivity contribution in [3.05, 3.63) is 71.3 Å². The van der Waals surface area contributed by atoms with Crippen LogP contribution in [0.5, 0.6) is 11.5 Å². The van der Waals surface area contributed by atoms with E-state index in [1.54, 1.807) is 31.2 Å². The predicted molar refractivity (Wildman–Crippen MR) is 129 cm³/mol. The van der Waals surface area contributed by atoms with Crippen molar-refractivity contribution >= 4 is 35.6 Å². The second-order valence-corrected chi connectivity index (χ2v) is 7.59. The van der Waals surface area contributed by atoms with Crippen LogP contribution < -0.4 is 19.7 Å². The normalized spacial score (nSPS) is 14.6. The van der Waals surface area contributed by atoms with E-state index in [0.29, 0.717) is 23.2 Å². The van der Waals surface area contributed by atoms with Crippen LogP contribution in [0.1, 0.15) is 30.5 Å². The van der Waals surface area contributed by atoms with Crippen molar-refractivity contribution in [2.75, 3.05) is 18.1 Å². The van der Waals surface area contributed by atoms with Crippen LogP contribution >= 0.6 is 0 Å². The minimum absolute atomic E-state index is 0.239. The molecule has 1 aliphatic rings. The minimum atomic E-state index is -1.15. The summed E-state index contributed by atoms with van der Waals surface area (Å²) in [7, 11) is 0. The van der Waals surface area contributed by atoms with E-state index >= 15 is 0 Å². The average Bonchev–Trinajstić information content (AvgIpc) is 2.82. The molecule has 4 amide bonds. The summed E-state index contributed by atoms with van der Waals surface area (Å²) in [6.45, 7) is 7.15. The Kier molecular flexibility index (Phi) is 8.04. The number of rotatable bonds is 10. The minimum Gasteiger partial charge on any atom is -0.490 e. The van der Waals surface area contributed by atoms with E-state index in [2.05, 4.69) is 11.9 Å². The maximum Gasteiger partial charge on any atom is 0.341 e. The number of allylic oxidation sites excluding steroid dienone is 1. The second-order valence-electron chi connectivity index (χ2n) is 7.59. The zero-order valence-corrected chi connectivity index (χ0v) is 19.5. The number of hydrogen-bond acceptors (Lipinski definition) is 6. The fourth-order valence-corrected chi connectivity index (χ4v) is 3.57. The Morgan fingerprint density at radius 3 is 2.43 bits per heavy atom. The van der Waals surface area contributed by atoms with Crippen LogP contribution in [0.25, 0.3) is 6.08 Å². The Morgan fingerprint density at radius 1 is 1.11 bits per heavy atom. The van der Waals surface area contributed by atoms with Gasteiger partial charge in [0.2, 0.25) is 0 Å². The molecular formula is C26H26N2O7. The molecule has 182 valence electrons. The van der Waals surface area contributed by atoms with Gasteiger partial charge in [-0.15, -0.1) is 6.58 Å². The standard InChI is InChI=1S/C26H26N2O7/c1-4-7-18-12-17(14-21(34-6-3)23(18)35-15-22(29)30)13-20-24(31)27-26(33)28(25(20)32)19-10-8-16(5-2)9-11-19/h4,8-14H,1,5-7,15H2,2-3H3,(H,29,30)(H,27,31,33)/b20-13-. The van der Waals surface area contributed by atoms with Gasteiger partial charge in [0.15, 0.2) is 18.1 Å². The van der Waals surface area contributed by atoms with Crippen LogP contribution in [0.2, 0.25) is 0 Å². The van der Waals surface area contributed by atoms with Crippen molar-refractivity contribution in [2.45, 2.75) is 26.7 Å². The monoisotopic (exact) mass is 478 g/mol. The zero-order chi connectivity index (χ0) is 25.5. The fourth-order valence-electron chi connectivity index (χ4n) is 3.57. The highest BCUT2D eigenvalue weighted by Crippen LogP contribution is 2.35. The first-order valence-corrected chi connectivity index (χ1v) is 11.0. The van der Waals surface area contributed by atoms with Crippen LogP contribution in [-0.2, 0) is 27.2 Å². The molecule has 9 heteroatoms. The second kappa shape index (κ2) is 11.1. The van der Waals surface area contributed by atoms with Gasteiger partial charge in [0.05, 0.1) is 12.3 Å². The van der Waals surface area contributed by atoms with Crippen molar-refractivity contribution in [3.8, 4) is 11.5 Å². The molecule has 3 rings (SSSR count). The van der Waals surface area contributed by atoms with Crippen molar-refractivity contribution < 1.29 is 33.8 Å². The van der Waals surface area contributed by atoms with Gasteiger partial charge in [-0.05, 0) is 61.2 Å². The van der Waals surface area contributed by atoms with Gasteiger partial charge in [-0.2, -0.15) is 0 Å². The molecular weight excluding hydrogens is 452 g/mol. The van der Waals surface area contributed by atoms with Crippen molar-refractivity contribution in [3.63, 3.8) is 0 Å². The smallest absolute Gasteiger partial charge is 0.341 e. The number of carbonyl (C=O) groups excluding carboxylic acids is 3. The summed E-state index contributed by atoms with van der Waals surface area (Å²) >= 11 is 0. The molecule has 0 spiro atoms. The van der Waals surface area contributed by atoms with Gasteiger partial charge in [-0.25, -0.2) is 14.5 Å². The van der Waals surface area contributed by atoms with E-state index < -0.39 is 30.4 Å². The molecule has 2 aromatic rings. The molecule has 2 aromatic carbocycles. The first kappa shape index (κ1) is 25.2. The molecule has 2 N–H and O–H groups in total. The maximum absolute atomic E-state index is 13.2. The lowest BCUT2D eigenvalue weighted by Crippen LogP contribution is -2.54. The fraction of sp³-hybridized carbons (Fsp3) is 0.231. The van der Waals surface area contributed by atoms with E-state index in [-0.39, 0.29) is 23.7 Å². The summed E-state index contributed by atoms with van der Waals surface area (Å²) in [6.07, 6.45) is 4.08. The molecule has 0 aromatic heterocycles. The summed E-state index contributed by atoms with van der Waals surface area (Å²) in [5.74, 6) is -2.24. The number of imide groups is 2. The molecule has 0 aliphatic carbocycles. The van der Waals surface area contributed by atoms with E-state index in [0.717, 1.165) is 16.9 Å². The van der Waals surface area contributed by atoms with Gasteiger partial charge in [-0.1, -0.05) is 25.1 Å². The Hall–Kier alpha value is -4.40. The van der Waals surface area contributed by atoms with E-state index in [1.165, 1.54) is 12.1 Å². The highest BCUT2D eigenvalue weighted by molar-refractivity contribution is 6.39. The van der Waals surface area contributed by atoms with E-state index in [1.807, 2.05) is 19.1 Å². The number of carbonyl (C=O) groups is 4. The molecule has 35 heavy (non-hydrogen) atoms. The average molecular weight is 479 g/mol. The SMILES string of the molecule is C=CCc1cc(/C=C2/C(=O)NC(=O)N(c3ccc(CC)cc3)C2=O)cc(OCC)c1OCC(=O)O. The number of carboxylic acids is 1. The number of aliphatic carboxylic acids is 1. The number of aryl methyl sites for hydroxylation is 1. The Balaban J connectivity index is 2.05. The summed E-state index contributed by atoms with van der Waals surface area (Å²) in [6, 6.07) is 9.26. The number of nitrogens with one attached hydrogen (secondary N) is 1. The lowest BCUT2D eigenvalue weighted by molar-refractivity contribution is -0.139. The molecule has 1 saturated heterocycles. The summed E-state index contributed by atoms with van der Waals surface area (Å²) in [5.41, 5.74) is 2.13. The molecule has 1 heterocycles. The Bertz CT molecular complexity index is 1200. The number of ether oxygens (including phenoxy) is 2. The number of amides is 4. The lowest BCUT2D eigenvalue weighted by atomic mass is 10.0. The van der Waals surface area contributed by atoms with Crippen LogP contribution in [0.15, 0.2) is 54.6 Å². The van der Waals surface area contributed by atoms with E-state index in [9.17, 15) is 19.2 Å². The summed E-state index contributed by atoms with van der Waals surface area (Å²) in [4.78, 5) is 50.2. The highest BCUT2D eigenvalue weighted by atomic mass is 16.5. The van der Waals surface area contributed by atoms with Crippen LogP contribution in [-0.4, -0.2) is 42.1 Å². The number of hydrogen-bond donors (Lipinski definition) is 2. The number of barbiturate groups is 1. The third kappa shape index (κ3) is 5.75. The summed E-state index contributed by atoms with van der Waals surface area (Å²) in [5, 5.41) is 11.2. The number of anilines is 1. The predicted octanol–water partition coefficient (Wildman–Crippen LogP) is 3.51. The number of benzene rings is 2. The van der Waals surface area contributed by atoms with Crippen LogP contribution in [0.4, 0.5) is 10.5 Å². The van der Waals surface area contributed by atoms with Crippen molar-refractivity contribution in [1.29, 1.82) is 0 Å². The quantitative estimate of drug-likeness (QED) is 0.304. The third-order valence-electron chi connectivity index (χ3n) is 5.17. The van der Waals surface area contributed by atoms with Crippen molar-refractivity contribution in [2.24, 2.45) is 0 Å². The summed E-state index contributed by atoms with van der Waals surface area (Å²) < 4.78 is 11.1. The molecule has 0 atom stereocenters. The lowest BCUT2D eigenvalue weighted by Gasteiger charge is -2.26. The maximum atomic E-state index is 13.2. The largest absolute Gasteiger partial charge is 0.490 e. The molecule has 9 nitrogen and oxygen atoms in total. The molecule has 0 radical (unpaired) electrons. The first-order valence-electron chi connectivity index (χ1n) is 11.0. The van der Waals surface area contributed by atoms with Gasteiger partial charge in [0, 0.05) is 5.56 Å². The van der Waals surface area contributed by atoms with Gasteiger partial charge in [0.25, 0.3) is 11.8 Å². The topological polar surface area (TPSA) is 122 Å². The Labute approximate surface area is 202 Å². The van der Waals surface area contributed by atoms with Gasteiger partial charge in [-0.3, -0.25) is 14.9 Å². The van der Waals surface area contributed by atoms with E-state index in [4.69, 9.17) is 14.6 Å². The molecule has 0 saturated carbocycles. The van der Waals surface area contributed by atoms with Gasteiger partial charge >= 0.3 is 12.0 Å². The molecule has 1 aliphatic heterocycles. The molecule has 0 unspecified atom stereocenters.